The molecule has 3 nitrogen and oxygen atoms in total. The summed E-state index contributed by atoms with van der Waals surface area (Å²) in [6, 6.07) is 18.1. The van der Waals surface area contributed by atoms with E-state index in [1.165, 1.54) is 23.8 Å². The molecule has 1 aromatic heterocycles. The number of amides is 1. The topological polar surface area (TPSA) is 42.0 Å². The number of para-hydroxylation sites is 1. The van der Waals surface area contributed by atoms with Crippen molar-refractivity contribution >= 4 is 34.1 Å². The van der Waals surface area contributed by atoms with Gasteiger partial charge in [0.15, 0.2) is 0 Å². The molecule has 5 rings (SSSR count). The third-order valence-corrected chi connectivity index (χ3v) is 7.45. The van der Waals surface area contributed by atoms with Crippen LogP contribution in [0.1, 0.15) is 56.4 Å². The van der Waals surface area contributed by atoms with E-state index < -0.39 is 0 Å². The number of carbonyl (C=O) groups is 1. The van der Waals surface area contributed by atoms with Gasteiger partial charge in [-0.2, -0.15) is 0 Å². The largest absolute Gasteiger partial charge is 0.326 e. The lowest BCUT2D eigenvalue weighted by atomic mass is 9.72. The minimum absolute atomic E-state index is 0.110. The summed E-state index contributed by atoms with van der Waals surface area (Å²) in [6.45, 7) is 0. The van der Waals surface area contributed by atoms with Gasteiger partial charge in [0.1, 0.15) is 0 Å². The molecular formula is C27H29ClN2O. The van der Waals surface area contributed by atoms with Gasteiger partial charge in [-0.25, -0.2) is 0 Å². The normalized spacial score (nSPS) is 22.2. The van der Waals surface area contributed by atoms with Crippen LogP contribution in [0.5, 0.6) is 0 Å². The van der Waals surface area contributed by atoms with E-state index in [1.807, 2.05) is 30.5 Å². The van der Waals surface area contributed by atoms with Crippen LogP contribution in [-0.2, 0) is 4.79 Å². The second kappa shape index (κ2) is 9.00. The number of hydrogen-bond acceptors (Lipinski definition) is 2. The van der Waals surface area contributed by atoms with Gasteiger partial charge >= 0.3 is 0 Å². The van der Waals surface area contributed by atoms with Crippen molar-refractivity contribution in [1.82, 2.24) is 4.98 Å². The van der Waals surface area contributed by atoms with E-state index in [-0.39, 0.29) is 11.8 Å². The predicted molar refractivity (Wildman–Crippen MR) is 127 cm³/mol. The highest BCUT2D eigenvalue weighted by atomic mass is 35.5. The number of benzene rings is 2. The van der Waals surface area contributed by atoms with E-state index in [2.05, 4.69) is 40.6 Å². The van der Waals surface area contributed by atoms with Crippen LogP contribution >= 0.6 is 11.6 Å². The maximum atomic E-state index is 13.2. The first-order valence-corrected chi connectivity index (χ1v) is 12.0. The molecule has 4 heteroatoms. The van der Waals surface area contributed by atoms with Crippen molar-refractivity contribution in [2.75, 3.05) is 5.32 Å². The summed E-state index contributed by atoms with van der Waals surface area (Å²) in [4.78, 5) is 17.8. The van der Waals surface area contributed by atoms with Crippen molar-refractivity contribution in [2.24, 2.45) is 17.8 Å². The van der Waals surface area contributed by atoms with Crippen LogP contribution in [0.25, 0.3) is 10.9 Å². The molecule has 2 fully saturated rings. The average molecular weight is 433 g/mol. The Morgan fingerprint density at radius 2 is 1.71 bits per heavy atom. The molecule has 1 amide bonds. The Labute approximate surface area is 189 Å². The lowest BCUT2D eigenvalue weighted by Crippen LogP contribution is -2.32. The highest BCUT2D eigenvalue weighted by Gasteiger charge is 2.36. The van der Waals surface area contributed by atoms with Crippen molar-refractivity contribution < 1.29 is 4.79 Å². The quantitative estimate of drug-likeness (QED) is 0.446. The number of carbonyl (C=O) groups excluding carboxylic acids is 1. The average Bonchev–Trinajstić information content (AvgIpc) is 3.63. The SMILES string of the molecule is O=C(Nc1ccc(Cl)cc1)C(CC1CC1)C1CCC(c2ccnc3ccccc23)CC1. The molecule has 2 aromatic carbocycles. The van der Waals surface area contributed by atoms with Crippen LogP contribution < -0.4 is 5.32 Å². The van der Waals surface area contributed by atoms with Crippen molar-refractivity contribution in [2.45, 2.75) is 50.9 Å². The van der Waals surface area contributed by atoms with Gasteiger partial charge in [-0.3, -0.25) is 9.78 Å². The van der Waals surface area contributed by atoms with Gasteiger partial charge in [-0.15, -0.1) is 0 Å². The molecule has 160 valence electrons. The Kier molecular flexibility index (Phi) is 5.95. The van der Waals surface area contributed by atoms with Crippen molar-refractivity contribution in [3.63, 3.8) is 0 Å². The van der Waals surface area contributed by atoms with Gasteiger partial charge in [0.2, 0.25) is 5.91 Å². The molecule has 2 aliphatic rings. The van der Waals surface area contributed by atoms with Crippen LogP contribution in [0.4, 0.5) is 5.69 Å². The highest BCUT2D eigenvalue weighted by molar-refractivity contribution is 6.30. The van der Waals surface area contributed by atoms with Gasteiger partial charge in [-0.1, -0.05) is 42.6 Å². The molecule has 1 atom stereocenters. The number of aromatic nitrogens is 1. The Hall–Kier alpha value is -2.39. The van der Waals surface area contributed by atoms with E-state index in [0.717, 1.165) is 49.2 Å². The Balaban J connectivity index is 1.28. The molecule has 0 spiro atoms. The number of nitrogens with one attached hydrogen (secondary N) is 1. The molecule has 31 heavy (non-hydrogen) atoms. The molecule has 1 unspecified atom stereocenters. The fraction of sp³-hybridized carbons (Fsp3) is 0.407. The molecule has 0 saturated heterocycles. The van der Waals surface area contributed by atoms with Crippen LogP contribution in [-0.4, -0.2) is 10.9 Å². The van der Waals surface area contributed by atoms with Crippen LogP contribution in [0, 0.1) is 17.8 Å². The fourth-order valence-electron chi connectivity index (χ4n) is 5.30. The van der Waals surface area contributed by atoms with Crippen molar-refractivity contribution in [3.8, 4) is 0 Å². The zero-order valence-corrected chi connectivity index (χ0v) is 18.5. The fourth-order valence-corrected chi connectivity index (χ4v) is 5.43. The molecule has 2 saturated carbocycles. The Bertz CT molecular complexity index is 1050. The van der Waals surface area contributed by atoms with Gasteiger partial charge < -0.3 is 5.32 Å². The second-order valence-electron chi connectivity index (χ2n) is 9.31. The summed E-state index contributed by atoms with van der Waals surface area (Å²) in [5.41, 5.74) is 3.34. The van der Waals surface area contributed by atoms with E-state index in [4.69, 9.17) is 11.6 Å². The van der Waals surface area contributed by atoms with Gasteiger partial charge in [0.05, 0.1) is 5.52 Å². The number of pyridine rings is 1. The summed E-state index contributed by atoms with van der Waals surface area (Å²) >= 11 is 5.99. The maximum Gasteiger partial charge on any atom is 0.227 e. The third-order valence-electron chi connectivity index (χ3n) is 7.20. The summed E-state index contributed by atoms with van der Waals surface area (Å²) in [5.74, 6) is 2.07. The second-order valence-corrected chi connectivity index (χ2v) is 9.75. The van der Waals surface area contributed by atoms with Gasteiger partial charge in [0.25, 0.3) is 0 Å². The zero-order chi connectivity index (χ0) is 21.2. The minimum Gasteiger partial charge on any atom is -0.326 e. The number of rotatable bonds is 6. The molecule has 1 heterocycles. The maximum absolute atomic E-state index is 13.2. The summed E-state index contributed by atoms with van der Waals surface area (Å²) in [5, 5.41) is 5.13. The number of fused-ring (bicyclic) bond motifs is 1. The summed E-state index contributed by atoms with van der Waals surface area (Å²) < 4.78 is 0. The summed E-state index contributed by atoms with van der Waals surface area (Å²) in [7, 11) is 0. The molecule has 1 N–H and O–H groups in total. The number of halogens is 1. The number of anilines is 1. The van der Waals surface area contributed by atoms with E-state index in [0.29, 0.717) is 16.9 Å². The van der Waals surface area contributed by atoms with E-state index in [1.54, 1.807) is 0 Å². The minimum atomic E-state index is 0.110. The highest BCUT2D eigenvalue weighted by Crippen LogP contribution is 2.45. The van der Waals surface area contributed by atoms with E-state index >= 15 is 0 Å². The van der Waals surface area contributed by atoms with E-state index in [9.17, 15) is 4.79 Å². The smallest absolute Gasteiger partial charge is 0.227 e. The molecule has 2 aliphatic carbocycles. The molecule has 0 bridgehead atoms. The monoisotopic (exact) mass is 432 g/mol. The third kappa shape index (κ3) is 4.77. The first-order chi connectivity index (χ1) is 15.2. The van der Waals surface area contributed by atoms with Crippen LogP contribution in [0.3, 0.4) is 0 Å². The molecule has 3 aromatic rings. The lowest BCUT2D eigenvalue weighted by molar-refractivity contribution is -0.122. The van der Waals surface area contributed by atoms with Crippen molar-refractivity contribution in [1.29, 1.82) is 0 Å². The first kappa shape index (κ1) is 20.5. The Morgan fingerprint density at radius 1 is 0.968 bits per heavy atom. The van der Waals surface area contributed by atoms with Crippen LogP contribution in [0.15, 0.2) is 60.8 Å². The first-order valence-electron chi connectivity index (χ1n) is 11.6. The van der Waals surface area contributed by atoms with Gasteiger partial charge in [-0.05, 0) is 91.8 Å². The summed E-state index contributed by atoms with van der Waals surface area (Å²) in [6.07, 6.45) is 10.1. The molecule has 0 radical (unpaired) electrons. The Morgan fingerprint density at radius 3 is 2.45 bits per heavy atom. The number of nitrogens with zero attached hydrogens (tertiary/aromatic N) is 1. The standard InChI is InChI=1S/C27H29ClN2O/c28-21-11-13-22(14-12-21)30-27(31)25(17-18-5-6-18)20-9-7-19(8-10-20)23-15-16-29-26-4-2-1-3-24(23)26/h1-4,11-16,18-20,25H,5-10,17H2,(H,30,31). The van der Waals surface area contributed by atoms with Gasteiger partial charge in [0, 0.05) is 28.2 Å². The number of hydrogen-bond donors (Lipinski definition) is 1. The molecular weight excluding hydrogens is 404 g/mol. The molecule has 0 aliphatic heterocycles. The van der Waals surface area contributed by atoms with Crippen LogP contribution in [0.2, 0.25) is 5.02 Å². The van der Waals surface area contributed by atoms with Crippen molar-refractivity contribution in [3.05, 3.63) is 71.4 Å². The zero-order valence-electron chi connectivity index (χ0n) is 17.8. The predicted octanol–water partition coefficient (Wildman–Crippen LogP) is 7.22. The lowest BCUT2D eigenvalue weighted by Gasteiger charge is -2.34.